The lowest BCUT2D eigenvalue weighted by Crippen LogP contribution is -2.47. The van der Waals surface area contributed by atoms with Crippen LogP contribution in [-0.2, 0) is 0 Å². The van der Waals surface area contributed by atoms with E-state index < -0.39 is 6.09 Å². The van der Waals surface area contributed by atoms with Crippen molar-refractivity contribution < 1.29 is 15.0 Å². The van der Waals surface area contributed by atoms with Crippen molar-refractivity contribution in [2.75, 3.05) is 6.61 Å². The lowest BCUT2D eigenvalue weighted by atomic mass is 9.80. The van der Waals surface area contributed by atoms with Crippen LogP contribution in [0.5, 0.6) is 0 Å². The van der Waals surface area contributed by atoms with Gasteiger partial charge in [0.1, 0.15) is 0 Å². The maximum Gasteiger partial charge on any atom is 0.404 e. The molecule has 0 unspecified atom stereocenters. The van der Waals surface area contributed by atoms with E-state index in [-0.39, 0.29) is 18.6 Å². The fourth-order valence-electron chi connectivity index (χ4n) is 1.14. The van der Waals surface area contributed by atoms with Crippen molar-refractivity contribution in [2.45, 2.75) is 18.9 Å². The zero-order chi connectivity index (χ0) is 7.56. The molecule has 0 saturated heterocycles. The van der Waals surface area contributed by atoms with Gasteiger partial charge in [-0.2, -0.15) is 0 Å². The topological polar surface area (TPSA) is 69.6 Å². The van der Waals surface area contributed by atoms with Gasteiger partial charge in [-0.1, -0.05) is 0 Å². The van der Waals surface area contributed by atoms with E-state index in [4.69, 9.17) is 10.2 Å². The first-order valence-corrected chi connectivity index (χ1v) is 3.34. The van der Waals surface area contributed by atoms with Crippen molar-refractivity contribution in [3.05, 3.63) is 0 Å². The normalized spacial score (nSPS) is 30.9. The van der Waals surface area contributed by atoms with Gasteiger partial charge in [-0.15, -0.1) is 0 Å². The maximum absolute atomic E-state index is 10.1. The minimum absolute atomic E-state index is 0.0116. The van der Waals surface area contributed by atoms with Crippen LogP contribution in [0.3, 0.4) is 0 Å². The first-order valence-electron chi connectivity index (χ1n) is 3.34. The minimum atomic E-state index is -0.997. The molecule has 1 aliphatic rings. The van der Waals surface area contributed by atoms with E-state index in [0.717, 1.165) is 12.8 Å². The standard InChI is InChI=1S/C6H11NO3/c8-3-4-1-2-5(4)7-6(9)10/h4-5,7-8H,1-3H2,(H,9,10)/t4-,5+/m0/s1. The van der Waals surface area contributed by atoms with Crippen LogP contribution in [0.4, 0.5) is 4.79 Å². The Morgan fingerprint density at radius 1 is 1.60 bits per heavy atom. The van der Waals surface area contributed by atoms with Gasteiger partial charge in [-0.05, 0) is 12.8 Å². The molecule has 0 heterocycles. The van der Waals surface area contributed by atoms with Crippen LogP contribution < -0.4 is 5.32 Å². The van der Waals surface area contributed by atoms with Crippen molar-refractivity contribution in [1.29, 1.82) is 0 Å². The van der Waals surface area contributed by atoms with Crippen molar-refractivity contribution in [2.24, 2.45) is 5.92 Å². The number of nitrogens with one attached hydrogen (secondary N) is 1. The molecule has 0 bridgehead atoms. The lowest BCUT2D eigenvalue weighted by Gasteiger charge is -2.34. The molecule has 10 heavy (non-hydrogen) atoms. The molecule has 0 aromatic carbocycles. The van der Waals surface area contributed by atoms with Crippen LogP contribution in [0, 0.1) is 5.92 Å². The highest BCUT2D eigenvalue weighted by Crippen LogP contribution is 2.26. The predicted molar refractivity (Wildman–Crippen MR) is 34.8 cm³/mol. The van der Waals surface area contributed by atoms with Gasteiger partial charge in [-0.25, -0.2) is 4.79 Å². The van der Waals surface area contributed by atoms with Crippen LogP contribution in [-0.4, -0.2) is 29.0 Å². The predicted octanol–water partition coefficient (Wildman–Crippen LogP) is 0.0249. The molecule has 1 amide bonds. The van der Waals surface area contributed by atoms with Crippen LogP contribution in [0.1, 0.15) is 12.8 Å². The molecule has 3 N–H and O–H groups in total. The molecule has 58 valence electrons. The van der Waals surface area contributed by atoms with E-state index in [1.807, 2.05) is 0 Å². The van der Waals surface area contributed by atoms with Crippen molar-refractivity contribution in [3.63, 3.8) is 0 Å². The Kier molecular flexibility index (Phi) is 2.11. The van der Waals surface area contributed by atoms with Crippen molar-refractivity contribution >= 4 is 6.09 Å². The molecule has 0 aromatic rings. The molecule has 1 rings (SSSR count). The number of hydrogen-bond acceptors (Lipinski definition) is 2. The Balaban J connectivity index is 2.23. The molecular formula is C6H11NO3. The van der Waals surface area contributed by atoms with E-state index in [1.165, 1.54) is 0 Å². The third-order valence-corrected chi connectivity index (χ3v) is 1.96. The van der Waals surface area contributed by atoms with Gasteiger partial charge in [0.25, 0.3) is 0 Å². The summed E-state index contributed by atoms with van der Waals surface area (Å²) >= 11 is 0. The molecule has 0 radical (unpaired) electrons. The van der Waals surface area contributed by atoms with E-state index >= 15 is 0 Å². The summed E-state index contributed by atoms with van der Waals surface area (Å²) < 4.78 is 0. The molecule has 0 aromatic heterocycles. The van der Waals surface area contributed by atoms with Crippen LogP contribution in [0.15, 0.2) is 0 Å². The molecule has 1 saturated carbocycles. The number of carbonyl (C=O) groups is 1. The second kappa shape index (κ2) is 2.88. The highest BCUT2D eigenvalue weighted by atomic mass is 16.4. The highest BCUT2D eigenvalue weighted by Gasteiger charge is 2.30. The van der Waals surface area contributed by atoms with E-state index in [2.05, 4.69) is 5.32 Å². The van der Waals surface area contributed by atoms with Crippen LogP contribution in [0.2, 0.25) is 0 Å². The maximum atomic E-state index is 10.1. The highest BCUT2D eigenvalue weighted by molar-refractivity contribution is 5.65. The summed E-state index contributed by atoms with van der Waals surface area (Å²) in [6, 6.07) is -0.0116. The molecule has 0 aliphatic heterocycles. The second-order valence-corrected chi connectivity index (χ2v) is 2.58. The summed E-state index contributed by atoms with van der Waals surface area (Å²) in [7, 11) is 0. The Bertz CT molecular complexity index is 135. The molecule has 0 spiro atoms. The SMILES string of the molecule is O=C(O)N[C@@H]1CC[C@H]1CO. The van der Waals surface area contributed by atoms with Crippen molar-refractivity contribution in [3.8, 4) is 0 Å². The third-order valence-electron chi connectivity index (χ3n) is 1.96. The number of amides is 1. The summed E-state index contributed by atoms with van der Waals surface area (Å²) in [5.41, 5.74) is 0. The lowest BCUT2D eigenvalue weighted by molar-refractivity contribution is 0.110. The van der Waals surface area contributed by atoms with Gasteiger partial charge >= 0.3 is 6.09 Å². The van der Waals surface area contributed by atoms with Gasteiger partial charge in [-0.3, -0.25) is 0 Å². The molecular weight excluding hydrogens is 134 g/mol. The number of aliphatic hydroxyl groups excluding tert-OH is 1. The first-order chi connectivity index (χ1) is 4.74. The van der Waals surface area contributed by atoms with Gasteiger partial charge in [0.2, 0.25) is 0 Å². The number of carboxylic acid groups (broad SMARTS) is 1. The molecule has 2 atom stereocenters. The van der Waals surface area contributed by atoms with E-state index in [9.17, 15) is 4.79 Å². The summed E-state index contributed by atoms with van der Waals surface area (Å²) in [4.78, 5) is 10.1. The fourth-order valence-corrected chi connectivity index (χ4v) is 1.14. The zero-order valence-corrected chi connectivity index (χ0v) is 5.58. The zero-order valence-electron chi connectivity index (χ0n) is 5.58. The van der Waals surface area contributed by atoms with Gasteiger partial charge in [0.05, 0.1) is 0 Å². The van der Waals surface area contributed by atoms with Gasteiger partial charge in [0, 0.05) is 18.6 Å². The first kappa shape index (κ1) is 7.34. The smallest absolute Gasteiger partial charge is 0.404 e. The van der Waals surface area contributed by atoms with Crippen LogP contribution in [0.25, 0.3) is 0 Å². The molecule has 1 aliphatic carbocycles. The molecule has 4 heteroatoms. The Hall–Kier alpha value is -0.770. The van der Waals surface area contributed by atoms with Crippen molar-refractivity contribution in [1.82, 2.24) is 5.32 Å². The Morgan fingerprint density at radius 3 is 2.60 bits per heavy atom. The number of rotatable bonds is 2. The largest absolute Gasteiger partial charge is 0.465 e. The minimum Gasteiger partial charge on any atom is -0.465 e. The summed E-state index contributed by atoms with van der Waals surface area (Å²) in [6.45, 7) is 0.0882. The molecule has 4 nitrogen and oxygen atoms in total. The van der Waals surface area contributed by atoms with Gasteiger partial charge < -0.3 is 15.5 Å². The van der Waals surface area contributed by atoms with Gasteiger partial charge in [0.15, 0.2) is 0 Å². The summed E-state index contributed by atoms with van der Waals surface area (Å²) in [5, 5.41) is 19.2. The number of aliphatic hydroxyl groups is 1. The average molecular weight is 145 g/mol. The van der Waals surface area contributed by atoms with Crippen LogP contribution >= 0.6 is 0 Å². The summed E-state index contributed by atoms with van der Waals surface area (Å²) in [6.07, 6.45) is 0.794. The summed E-state index contributed by atoms with van der Waals surface area (Å²) in [5.74, 6) is 0.149. The third kappa shape index (κ3) is 1.39. The monoisotopic (exact) mass is 145 g/mol. The Morgan fingerprint density at radius 2 is 2.30 bits per heavy atom. The van der Waals surface area contributed by atoms with E-state index in [1.54, 1.807) is 0 Å². The fraction of sp³-hybridized carbons (Fsp3) is 0.833. The number of hydrogen-bond donors (Lipinski definition) is 3. The second-order valence-electron chi connectivity index (χ2n) is 2.58. The Labute approximate surface area is 58.9 Å². The quantitative estimate of drug-likeness (QED) is 0.513. The molecule has 1 fully saturated rings. The average Bonchev–Trinajstić information content (AvgIpc) is 1.82. The van der Waals surface area contributed by atoms with E-state index in [0.29, 0.717) is 0 Å².